The van der Waals surface area contributed by atoms with E-state index in [4.69, 9.17) is 10.5 Å². The number of carbonyl (C=O) groups excluding carboxylic acids is 1. The van der Waals surface area contributed by atoms with Crippen molar-refractivity contribution in [2.24, 2.45) is 5.73 Å². The second-order valence-corrected chi connectivity index (χ2v) is 5.28. The molecule has 1 unspecified atom stereocenters. The minimum absolute atomic E-state index is 0. The van der Waals surface area contributed by atoms with Crippen LogP contribution >= 0.6 is 12.4 Å². The van der Waals surface area contributed by atoms with Crippen molar-refractivity contribution in [2.45, 2.75) is 19.4 Å². The molecule has 5 heteroatoms. The van der Waals surface area contributed by atoms with E-state index in [0.717, 1.165) is 28.9 Å². The van der Waals surface area contributed by atoms with Gasteiger partial charge in [0.2, 0.25) is 5.91 Å². The van der Waals surface area contributed by atoms with Crippen LogP contribution in [0.4, 0.5) is 0 Å². The van der Waals surface area contributed by atoms with E-state index in [1.807, 2.05) is 55.5 Å². The van der Waals surface area contributed by atoms with Crippen LogP contribution in [0, 0.1) is 6.92 Å². The van der Waals surface area contributed by atoms with E-state index in [2.05, 4.69) is 5.32 Å². The third kappa shape index (κ3) is 5.58. The molecule has 2 aromatic carbocycles. The van der Waals surface area contributed by atoms with Crippen LogP contribution in [0.1, 0.15) is 22.7 Å². The van der Waals surface area contributed by atoms with Gasteiger partial charge in [-0.15, -0.1) is 12.4 Å². The summed E-state index contributed by atoms with van der Waals surface area (Å²) in [5.41, 5.74) is 9.07. The highest BCUT2D eigenvalue weighted by molar-refractivity contribution is 5.85. The number of hydrogen-bond donors (Lipinski definition) is 2. The fourth-order valence-corrected chi connectivity index (χ4v) is 2.19. The molecule has 124 valence electrons. The number of benzene rings is 2. The van der Waals surface area contributed by atoms with E-state index in [1.165, 1.54) is 0 Å². The number of hydrogen-bond acceptors (Lipinski definition) is 3. The molecule has 2 rings (SSSR count). The summed E-state index contributed by atoms with van der Waals surface area (Å²) in [7, 11) is 1.64. The number of methoxy groups -OCH3 is 1. The molecule has 0 radical (unpaired) electrons. The Morgan fingerprint density at radius 2 is 1.91 bits per heavy atom. The third-order valence-corrected chi connectivity index (χ3v) is 3.57. The zero-order chi connectivity index (χ0) is 15.9. The summed E-state index contributed by atoms with van der Waals surface area (Å²) in [4.78, 5) is 12.1. The van der Waals surface area contributed by atoms with Gasteiger partial charge < -0.3 is 15.8 Å². The maximum Gasteiger partial charge on any atom is 0.241 e. The monoisotopic (exact) mass is 334 g/mol. The van der Waals surface area contributed by atoms with E-state index in [0.29, 0.717) is 6.54 Å². The Morgan fingerprint density at radius 1 is 1.22 bits per heavy atom. The first-order chi connectivity index (χ1) is 10.6. The van der Waals surface area contributed by atoms with Gasteiger partial charge in [-0.05, 0) is 36.6 Å². The highest BCUT2D eigenvalue weighted by atomic mass is 35.5. The fourth-order valence-electron chi connectivity index (χ4n) is 2.19. The van der Waals surface area contributed by atoms with Crippen molar-refractivity contribution in [3.63, 3.8) is 0 Å². The first kappa shape index (κ1) is 19.0. The Balaban J connectivity index is 0.00000264. The molecule has 1 amide bonds. The highest BCUT2D eigenvalue weighted by Crippen LogP contribution is 2.13. The zero-order valence-corrected chi connectivity index (χ0v) is 14.2. The third-order valence-electron chi connectivity index (χ3n) is 3.57. The molecule has 4 nitrogen and oxygen atoms in total. The van der Waals surface area contributed by atoms with Crippen LogP contribution in [0.3, 0.4) is 0 Å². The van der Waals surface area contributed by atoms with Gasteiger partial charge in [-0.1, -0.05) is 42.0 Å². The topological polar surface area (TPSA) is 64.3 Å². The molecule has 2 aromatic rings. The minimum atomic E-state index is -0.633. The van der Waals surface area contributed by atoms with Crippen molar-refractivity contribution in [1.29, 1.82) is 0 Å². The molecule has 0 bridgehead atoms. The van der Waals surface area contributed by atoms with Crippen LogP contribution in [-0.4, -0.2) is 19.6 Å². The van der Waals surface area contributed by atoms with Crippen LogP contribution in [0.5, 0.6) is 5.75 Å². The Kier molecular flexibility index (Phi) is 7.59. The van der Waals surface area contributed by atoms with Crippen molar-refractivity contribution >= 4 is 18.3 Å². The van der Waals surface area contributed by atoms with Crippen molar-refractivity contribution in [3.05, 3.63) is 65.2 Å². The smallest absolute Gasteiger partial charge is 0.241 e. The number of ether oxygens (including phenoxy) is 1. The van der Waals surface area contributed by atoms with Gasteiger partial charge in [-0.25, -0.2) is 0 Å². The molecule has 23 heavy (non-hydrogen) atoms. The van der Waals surface area contributed by atoms with Gasteiger partial charge >= 0.3 is 0 Å². The van der Waals surface area contributed by atoms with Gasteiger partial charge in [0.05, 0.1) is 7.11 Å². The van der Waals surface area contributed by atoms with Gasteiger partial charge in [0.15, 0.2) is 0 Å². The zero-order valence-electron chi connectivity index (χ0n) is 13.4. The average Bonchev–Trinajstić information content (AvgIpc) is 2.55. The number of amides is 1. The molecule has 0 saturated carbocycles. The molecule has 0 saturated heterocycles. The molecule has 0 aliphatic carbocycles. The molecule has 0 aliphatic rings. The summed E-state index contributed by atoms with van der Waals surface area (Å²) < 4.78 is 5.18. The van der Waals surface area contributed by atoms with Crippen LogP contribution in [0.15, 0.2) is 48.5 Å². The Morgan fingerprint density at radius 3 is 2.57 bits per heavy atom. The van der Waals surface area contributed by atoms with E-state index in [9.17, 15) is 4.79 Å². The first-order valence-corrected chi connectivity index (χ1v) is 7.33. The van der Waals surface area contributed by atoms with E-state index in [1.54, 1.807) is 7.11 Å². The quantitative estimate of drug-likeness (QED) is 0.853. The largest absolute Gasteiger partial charge is 0.497 e. The van der Waals surface area contributed by atoms with Crippen LogP contribution in [0.2, 0.25) is 0 Å². The van der Waals surface area contributed by atoms with Gasteiger partial charge in [-0.2, -0.15) is 0 Å². The molecule has 0 aromatic heterocycles. The number of nitrogens with two attached hydrogens (primary N) is 1. The molecule has 0 aliphatic heterocycles. The molecular formula is C18H23ClN2O2. The first-order valence-electron chi connectivity index (χ1n) is 7.33. The van der Waals surface area contributed by atoms with E-state index in [-0.39, 0.29) is 18.3 Å². The second-order valence-electron chi connectivity index (χ2n) is 5.28. The van der Waals surface area contributed by atoms with Gasteiger partial charge in [0.1, 0.15) is 11.8 Å². The average molecular weight is 335 g/mol. The molecule has 0 heterocycles. The fraction of sp³-hybridized carbons (Fsp3) is 0.278. The van der Waals surface area contributed by atoms with Gasteiger partial charge in [0, 0.05) is 6.54 Å². The highest BCUT2D eigenvalue weighted by Gasteiger charge is 2.14. The van der Waals surface area contributed by atoms with Crippen LogP contribution in [-0.2, 0) is 11.2 Å². The van der Waals surface area contributed by atoms with Crippen LogP contribution < -0.4 is 15.8 Å². The van der Waals surface area contributed by atoms with Crippen molar-refractivity contribution < 1.29 is 9.53 Å². The van der Waals surface area contributed by atoms with Gasteiger partial charge in [-0.3, -0.25) is 4.79 Å². The lowest BCUT2D eigenvalue weighted by Gasteiger charge is -2.13. The predicted octanol–water partition coefficient (Wildman–Crippen LogP) is 2.78. The maximum absolute atomic E-state index is 12.1. The second kappa shape index (κ2) is 9.18. The summed E-state index contributed by atoms with van der Waals surface area (Å²) in [5.74, 6) is 0.659. The lowest BCUT2D eigenvalue weighted by Crippen LogP contribution is -2.35. The van der Waals surface area contributed by atoms with E-state index < -0.39 is 6.04 Å². The van der Waals surface area contributed by atoms with Crippen molar-refractivity contribution in [2.75, 3.05) is 13.7 Å². The molecule has 1 atom stereocenters. The number of carbonyl (C=O) groups is 1. The lowest BCUT2D eigenvalue weighted by molar-refractivity contribution is -0.122. The van der Waals surface area contributed by atoms with Gasteiger partial charge in [0.25, 0.3) is 0 Å². The number of aryl methyl sites for hydroxylation is 1. The lowest BCUT2D eigenvalue weighted by atomic mass is 10.1. The SMILES string of the molecule is COc1cccc(CCNC(=O)C(N)c2ccc(C)cc2)c1.Cl. The number of nitrogens with one attached hydrogen (secondary N) is 1. The van der Waals surface area contributed by atoms with E-state index >= 15 is 0 Å². The summed E-state index contributed by atoms with van der Waals surface area (Å²) in [6.07, 6.45) is 0.740. The Labute approximate surface area is 143 Å². The standard InChI is InChI=1S/C18H22N2O2.ClH/c1-13-6-8-15(9-7-13)17(19)18(21)20-11-10-14-4-3-5-16(12-14)22-2;/h3-9,12,17H,10-11,19H2,1-2H3,(H,20,21);1H. The maximum atomic E-state index is 12.1. The molecule has 3 N–H and O–H groups in total. The molecular weight excluding hydrogens is 312 g/mol. The summed E-state index contributed by atoms with van der Waals surface area (Å²) in [5, 5.41) is 2.88. The summed E-state index contributed by atoms with van der Waals surface area (Å²) in [6, 6.07) is 14.9. The number of rotatable bonds is 6. The predicted molar refractivity (Wildman–Crippen MR) is 95.1 cm³/mol. The molecule has 0 fully saturated rings. The Bertz CT molecular complexity index is 629. The Hall–Kier alpha value is -2.04. The van der Waals surface area contributed by atoms with Crippen molar-refractivity contribution in [3.8, 4) is 5.75 Å². The van der Waals surface area contributed by atoms with Crippen LogP contribution in [0.25, 0.3) is 0 Å². The number of halogens is 1. The summed E-state index contributed by atoms with van der Waals surface area (Å²) in [6.45, 7) is 2.55. The summed E-state index contributed by atoms with van der Waals surface area (Å²) >= 11 is 0. The van der Waals surface area contributed by atoms with Crippen molar-refractivity contribution in [1.82, 2.24) is 5.32 Å². The normalized spacial score (nSPS) is 11.3. The molecule has 0 spiro atoms. The minimum Gasteiger partial charge on any atom is -0.497 e.